The van der Waals surface area contributed by atoms with E-state index >= 15 is 0 Å². The minimum atomic E-state index is -6.72. The van der Waals surface area contributed by atoms with Gasteiger partial charge in [-0.15, -0.1) is 0 Å². The van der Waals surface area contributed by atoms with Gasteiger partial charge in [-0.25, -0.2) is 9.59 Å². The standard InChI is InChI=1S/C18H10F12O6/c1-3-11(31)35-10-5-8(13(33,16(22,23)24)17(25,26)27)4-9(6-10)14(34,18(28,29)30)36-12(32)7(2)15(19,20)21/h3-6,33-34H,1-2H2. The van der Waals surface area contributed by atoms with E-state index < -0.39 is 82.6 Å². The van der Waals surface area contributed by atoms with Crippen molar-refractivity contribution in [1.82, 2.24) is 0 Å². The van der Waals surface area contributed by atoms with Gasteiger partial charge >= 0.3 is 42.4 Å². The number of carbonyl (C=O) groups is 2. The molecule has 202 valence electrons. The minimum absolute atomic E-state index is 0.232. The van der Waals surface area contributed by atoms with Gasteiger partial charge in [0.1, 0.15) is 11.3 Å². The zero-order valence-corrected chi connectivity index (χ0v) is 16.8. The van der Waals surface area contributed by atoms with Crippen molar-refractivity contribution < 1.29 is 82.0 Å². The molecule has 0 aliphatic heterocycles. The van der Waals surface area contributed by atoms with Crippen molar-refractivity contribution in [3.8, 4) is 5.75 Å². The maximum absolute atomic E-state index is 13.6. The van der Waals surface area contributed by atoms with Crippen LogP contribution in [-0.2, 0) is 25.7 Å². The fourth-order valence-corrected chi connectivity index (χ4v) is 2.30. The molecule has 0 aliphatic carbocycles. The van der Waals surface area contributed by atoms with Crippen LogP contribution in [0.1, 0.15) is 11.1 Å². The first-order valence-electron chi connectivity index (χ1n) is 8.47. The van der Waals surface area contributed by atoms with E-state index in [9.17, 15) is 72.5 Å². The lowest BCUT2D eigenvalue weighted by Gasteiger charge is -2.35. The normalized spacial score (nSPS) is 15.1. The number of esters is 2. The summed E-state index contributed by atoms with van der Waals surface area (Å²) in [5.41, 5.74) is -13.6. The smallest absolute Gasteiger partial charge is 0.423 e. The van der Waals surface area contributed by atoms with Crippen molar-refractivity contribution >= 4 is 11.9 Å². The third kappa shape index (κ3) is 5.75. The summed E-state index contributed by atoms with van der Waals surface area (Å²) in [6.45, 7) is 4.88. The predicted molar refractivity (Wildman–Crippen MR) is 89.5 cm³/mol. The summed E-state index contributed by atoms with van der Waals surface area (Å²) >= 11 is 0. The third-order valence-electron chi connectivity index (χ3n) is 4.13. The van der Waals surface area contributed by atoms with Crippen molar-refractivity contribution in [1.29, 1.82) is 0 Å². The molecule has 0 bridgehead atoms. The first kappa shape index (κ1) is 30.8. The summed E-state index contributed by atoms with van der Waals surface area (Å²) in [4.78, 5) is 22.8. The van der Waals surface area contributed by atoms with E-state index in [0.717, 1.165) is 0 Å². The van der Waals surface area contributed by atoms with Crippen LogP contribution in [0.15, 0.2) is 43.0 Å². The van der Waals surface area contributed by atoms with E-state index in [2.05, 4.69) is 22.6 Å². The highest BCUT2D eigenvalue weighted by Gasteiger charge is 2.72. The Kier molecular flexibility index (Phi) is 7.95. The number of benzene rings is 1. The van der Waals surface area contributed by atoms with E-state index in [1.54, 1.807) is 0 Å². The van der Waals surface area contributed by atoms with Gasteiger partial charge in [0.05, 0.1) is 0 Å². The predicted octanol–water partition coefficient (Wildman–Crippen LogP) is 4.46. The topological polar surface area (TPSA) is 93.1 Å². The fraction of sp³-hybridized carbons (Fsp3) is 0.333. The van der Waals surface area contributed by atoms with Gasteiger partial charge in [0.2, 0.25) is 0 Å². The lowest BCUT2D eigenvalue weighted by atomic mass is 9.89. The molecule has 0 aromatic heterocycles. The van der Waals surface area contributed by atoms with Crippen LogP contribution in [-0.4, -0.2) is 46.9 Å². The Balaban J connectivity index is 4.04. The van der Waals surface area contributed by atoms with Crippen LogP contribution >= 0.6 is 0 Å². The number of alkyl halides is 12. The molecule has 36 heavy (non-hydrogen) atoms. The third-order valence-corrected chi connectivity index (χ3v) is 4.13. The Morgan fingerprint density at radius 1 is 0.778 bits per heavy atom. The van der Waals surface area contributed by atoms with Gasteiger partial charge < -0.3 is 19.7 Å². The number of carbonyl (C=O) groups excluding carboxylic acids is 2. The highest BCUT2D eigenvalue weighted by molar-refractivity contribution is 5.89. The number of ether oxygens (including phenoxy) is 2. The zero-order chi connectivity index (χ0) is 28.7. The van der Waals surface area contributed by atoms with Crippen LogP contribution in [0.5, 0.6) is 5.75 Å². The van der Waals surface area contributed by atoms with E-state index in [-0.39, 0.29) is 12.1 Å². The SMILES string of the molecule is C=CC(=O)Oc1cc(C(O)(OC(=O)C(=C)C(F)(F)F)C(F)(F)F)cc(C(O)(C(F)(F)F)C(F)(F)F)c1. The second-order valence-electron chi connectivity index (χ2n) is 6.58. The van der Waals surface area contributed by atoms with Gasteiger partial charge in [0.15, 0.2) is 0 Å². The Morgan fingerprint density at radius 2 is 1.22 bits per heavy atom. The molecule has 0 aliphatic rings. The van der Waals surface area contributed by atoms with E-state index in [1.807, 2.05) is 0 Å². The minimum Gasteiger partial charge on any atom is -0.423 e. The summed E-state index contributed by atoms with van der Waals surface area (Å²) in [6.07, 6.45) is -25.4. The van der Waals surface area contributed by atoms with Crippen LogP contribution in [0.25, 0.3) is 0 Å². The van der Waals surface area contributed by atoms with Gasteiger partial charge in [0.25, 0.3) is 5.60 Å². The number of hydrogen-bond donors (Lipinski definition) is 2. The number of aliphatic hydroxyl groups is 2. The first-order valence-corrected chi connectivity index (χ1v) is 8.47. The van der Waals surface area contributed by atoms with E-state index in [0.29, 0.717) is 0 Å². The van der Waals surface area contributed by atoms with Crippen LogP contribution in [0.3, 0.4) is 0 Å². The maximum atomic E-state index is 13.6. The summed E-state index contributed by atoms with van der Waals surface area (Å²) in [5.74, 6) is -11.8. The van der Waals surface area contributed by atoms with E-state index in [1.165, 1.54) is 0 Å². The van der Waals surface area contributed by atoms with Gasteiger partial charge in [-0.2, -0.15) is 52.7 Å². The molecule has 1 rings (SSSR count). The van der Waals surface area contributed by atoms with Crippen LogP contribution in [0, 0.1) is 0 Å². The fourth-order valence-electron chi connectivity index (χ4n) is 2.30. The lowest BCUT2D eigenvalue weighted by Crippen LogP contribution is -2.54. The highest BCUT2D eigenvalue weighted by atomic mass is 19.4. The van der Waals surface area contributed by atoms with Gasteiger partial charge in [-0.05, 0) is 18.2 Å². The van der Waals surface area contributed by atoms with Crippen molar-refractivity contribution in [2.45, 2.75) is 36.1 Å². The Labute approximate surface area is 191 Å². The van der Waals surface area contributed by atoms with Gasteiger partial charge in [0, 0.05) is 17.2 Å². The first-order chi connectivity index (χ1) is 15.8. The molecule has 1 unspecified atom stereocenters. The van der Waals surface area contributed by atoms with Crippen molar-refractivity contribution in [3.63, 3.8) is 0 Å². The number of rotatable bonds is 6. The quantitative estimate of drug-likeness (QED) is 0.179. The molecule has 1 aromatic rings. The molecule has 6 nitrogen and oxygen atoms in total. The van der Waals surface area contributed by atoms with Crippen molar-refractivity contribution in [2.24, 2.45) is 0 Å². The molecule has 0 radical (unpaired) electrons. The average molecular weight is 550 g/mol. The maximum Gasteiger partial charge on any atom is 0.460 e. The molecule has 0 saturated carbocycles. The average Bonchev–Trinajstić information content (AvgIpc) is 2.68. The highest BCUT2D eigenvalue weighted by Crippen LogP contribution is 2.52. The molecule has 0 amide bonds. The molecule has 0 heterocycles. The van der Waals surface area contributed by atoms with Crippen LogP contribution in [0.4, 0.5) is 52.7 Å². The molecule has 1 aromatic carbocycles. The van der Waals surface area contributed by atoms with E-state index in [4.69, 9.17) is 0 Å². The second kappa shape index (κ2) is 9.30. The number of halogens is 12. The van der Waals surface area contributed by atoms with Gasteiger partial charge in [-0.1, -0.05) is 13.2 Å². The summed E-state index contributed by atoms with van der Waals surface area (Å²) in [6, 6.07) is -1.54. The molecule has 2 N–H and O–H groups in total. The van der Waals surface area contributed by atoms with Crippen LogP contribution < -0.4 is 4.74 Å². The molecule has 0 fully saturated rings. The van der Waals surface area contributed by atoms with Crippen molar-refractivity contribution in [2.75, 3.05) is 0 Å². The molecule has 0 saturated heterocycles. The lowest BCUT2D eigenvalue weighted by molar-refractivity contribution is -0.376. The molecule has 0 spiro atoms. The molecule has 1 atom stereocenters. The molecule has 18 heteroatoms. The molecular weight excluding hydrogens is 540 g/mol. The largest absolute Gasteiger partial charge is 0.460 e. The zero-order valence-electron chi connectivity index (χ0n) is 16.8. The van der Waals surface area contributed by atoms with Crippen molar-refractivity contribution in [3.05, 3.63) is 54.1 Å². The summed E-state index contributed by atoms with van der Waals surface area (Å²) in [7, 11) is 0. The monoisotopic (exact) mass is 550 g/mol. The number of hydrogen-bond acceptors (Lipinski definition) is 6. The molecular formula is C18H10F12O6. The summed E-state index contributed by atoms with van der Waals surface area (Å²) in [5, 5.41) is 19.4. The van der Waals surface area contributed by atoms with Crippen LogP contribution in [0.2, 0.25) is 0 Å². The van der Waals surface area contributed by atoms with Gasteiger partial charge in [-0.3, -0.25) is 0 Å². The Morgan fingerprint density at radius 3 is 1.58 bits per heavy atom. The summed E-state index contributed by atoms with van der Waals surface area (Å²) < 4.78 is 166. The Bertz CT molecular complexity index is 1040. The second-order valence-corrected chi connectivity index (χ2v) is 6.58. The Hall–Kier alpha value is -3.28.